The van der Waals surface area contributed by atoms with Crippen LogP contribution in [0.5, 0.6) is 5.88 Å². The van der Waals surface area contributed by atoms with Gasteiger partial charge in [-0.2, -0.15) is 4.98 Å². The molecule has 0 amide bonds. The first-order chi connectivity index (χ1) is 6.77. The molecule has 2 N–H and O–H groups in total. The van der Waals surface area contributed by atoms with Crippen LogP contribution in [0.25, 0.3) is 0 Å². The summed E-state index contributed by atoms with van der Waals surface area (Å²) in [6, 6.07) is 0. The third kappa shape index (κ3) is 2.26. The van der Waals surface area contributed by atoms with Crippen molar-refractivity contribution in [3.63, 3.8) is 0 Å². The van der Waals surface area contributed by atoms with Gasteiger partial charge in [-0.1, -0.05) is 24.4 Å². The maximum atomic E-state index is 5.71. The Bertz CT molecular complexity index is 328. The lowest BCUT2D eigenvalue weighted by Crippen LogP contribution is -2.04. The van der Waals surface area contributed by atoms with Gasteiger partial charge in [0.2, 0.25) is 5.88 Å². The van der Waals surface area contributed by atoms with Crippen molar-refractivity contribution >= 4 is 17.3 Å². The standard InChI is InChI=1S/C9H12ClN3O/c10-8-7(11)9(13-5-12-8)14-4-3-6-1-2-6/h5-6H,1-4,11H2. The van der Waals surface area contributed by atoms with E-state index in [1.165, 1.54) is 19.2 Å². The predicted molar refractivity (Wildman–Crippen MR) is 54.3 cm³/mol. The van der Waals surface area contributed by atoms with Crippen molar-refractivity contribution in [3.05, 3.63) is 11.5 Å². The van der Waals surface area contributed by atoms with Crippen molar-refractivity contribution in [2.75, 3.05) is 12.3 Å². The van der Waals surface area contributed by atoms with Crippen LogP contribution in [0.15, 0.2) is 6.33 Å². The summed E-state index contributed by atoms with van der Waals surface area (Å²) in [7, 11) is 0. The van der Waals surface area contributed by atoms with E-state index in [4.69, 9.17) is 22.1 Å². The quantitative estimate of drug-likeness (QED) is 0.776. The molecule has 1 aliphatic carbocycles. The molecule has 4 nitrogen and oxygen atoms in total. The van der Waals surface area contributed by atoms with Gasteiger partial charge in [0.1, 0.15) is 12.0 Å². The maximum Gasteiger partial charge on any atom is 0.241 e. The maximum absolute atomic E-state index is 5.71. The molecule has 0 bridgehead atoms. The molecule has 1 fully saturated rings. The summed E-state index contributed by atoms with van der Waals surface area (Å²) in [6.07, 6.45) is 5.07. The highest BCUT2D eigenvalue weighted by molar-refractivity contribution is 6.32. The van der Waals surface area contributed by atoms with Gasteiger partial charge in [-0.3, -0.25) is 0 Å². The van der Waals surface area contributed by atoms with E-state index in [1.54, 1.807) is 0 Å². The molecule has 5 heteroatoms. The van der Waals surface area contributed by atoms with Gasteiger partial charge in [0.25, 0.3) is 0 Å². The van der Waals surface area contributed by atoms with Crippen molar-refractivity contribution in [1.29, 1.82) is 0 Å². The largest absolute Gasteiger partial charge is 0.476 e. The normalized spacial score (nSPS) is 15.5. The van der Waals surface area contributed by atoms with Gasteiger partial charge in [0.05, 0.1) is 6.61 Å². The molecule has 1 aromatic rings. The van der Waals surface area contributed by atoms with Crippen molar-refractivity contribution < 1.29 is 4.74 Å². The molecule has 1 heterocycles. The number of anilines is 1. The third-order valence-corrected chi connectivity index (χ3v) is 2.56. The van der Waals surface area contributed by atoms with Crippen molar-refractivity contribution in [3.8, 4) is 5.88 Å². The number of nitrogens with two attached hydrogens (primary N) is 1. The fraction of sp³-hybridized carbons (Fsp3) is 0.556. The minimum Gasteiger partial charge on any atom is -0.476 e. The summed E-state index contributed by atoms with van der Waals surface area (Å²) in [4.78, 5) is 7.66. The van der Waals surface area contributed by atoms with E-state index < -0.39 is 0 Å². The minimum absolute atomic E-state index is 0.251. The van der Waals surface area contributed by atoms with Gasteiger partial charge in [-0.15, -0.1) is 0 Å². The summed E-state index contributed by atoms with van der Waals surface area (Å²) in [5, 5.41) is 0.251. The Morgan fingerprint density at radius 3 is 3.00 bits per heavy atom. The van der Waals surface area contributed by atoms with Gasteiger partial charge in [0.15, 0.2) is 5.15 Å². The zero-order chi connectivity index (χ0) is 9.97. The first kappa shape index (κ1) is 9.52. The van der Waals surface area contributed by atoms with Crippen LogP contribution in [0.1, 0.15) is 19.3 Å². The van der Waals surface area contributed by atoms with Gasteiger partial charge in [-0.25, -0.2) is 4.98 Å². The fourth-order valence-corrected chi connectivity index (χ4v) is 1.33. The smallest absolute Gasteiger partial charge is 0.241 e. The molecule has 1 saturated carbocycles. The lowest BCUT2D eigenvalue weighted by molar-refractivity contribution is 0.292. The van der Waals surface area contributed by atoms with Crippen LogP contribution in [0.2, 0.25) is 5.15 Å². The summed E-state index contributed by atoms with van der Waals surface area (Å²) in [5.74, 6) is 1.24. The molecule has 0 aromatic carbocycles. The monoisotopic (exact) mass is 213 g/mol. The molecule has 0 unspecified atom stereocenters. The van der Waals surface area contributed by atoms with Gasteiger partial charge >= 0.3 is 0 Å². The Balaban J connectivity index is 1.90. The predicted octanol–water partition coefficient (Wildman–Crippen LogP) is 1.89. The molecular weight excluding hydrogens is 202 g/mol. The molecule has 0 spiro atoms. The van der Waals surface area contributed by atoms with Crippen LogP contribution in [-0.4, -0.2) is 16.6 Å². The molecule has 0 saturated heterocycles. The van der Waals surface area contributed by atoms with Crippen molar-refractivity contribution in [2.45, 2.75) is 19.3 Å². The molecular formula is C9H12ClN3O. The first-order valence-electron chi connectivity index (χ1n) is 4.66. The highest BCUT2D eigenvalue weighted by Crippen LogP contribution is 2.32. The van der Waals surface area contributed by atoms with Crippen molar-refractivity contribution in [2.24, 2.45) is 5.92 Å². The van der Waals surface area contributed by atoms with E-state index in [9.17, 15) is 0 Å². The summed E-state index contributed by atoms with van der Waals surface area (Å²) in [6.45, 7) is 0.655. The molecule has 1 aromatic heterocycles. The second kappa shape index (κ2) is 4.00. The summed E-state index contributed by atoms with van der Waals surface area (Å²) >= 11 is 5.71. The van der Waals surface area contributed by atoms with E-state index in [-0.39, 0.29) is 5.15 Å². The topological polar surface area (TPSA) is 61.0 Å². The Labute approximate surface area is 87.4 Å². The number of ether oxygens (including phenoxy) is 1. The number of nitrogen functional groups attached to an aromatic ring is 1. The number of halogens is 1. The number of aromatic nitrogens is 2. The van der Waals surface area contributed by atoms with Crippen LogP contribution in [0, 0.1) is 5.92 Å². The van der Waals surface area contributed by atoms with Crippen LogP contribution in [-0.2, 0) is 0 Å². The van der Waals surface area contributed by atoms with Gasteiger partial charge in [-0.05, 0) is 12.3 Å². The van der Waals surface area contributed by atoms with Crippen LogP contribution in [0.3, 0.4) is 0 Å². The Kier molecular flexibility index (Phi) is 2.72. The van der Waals surface area contributed by atoms with Crippen LogP contribution >= 0.6 is 11.6 Å². The average Bonchev–Trinajstić information content (AvgIpc) is 2.96. The lowest BCUT2D eigenvalue weighted by Gasteiger charge is -2.06. The number of nitrogens with zero attached hydrogens (tertiary/aromatic N) is 2. The summed E-state index contributed by atoms with van der Waals surface area (Å²) < 4.78 is 5.41. The van der Waals surface area contributed by atoms with E-state index in [0.717, 1.165) is 12.3 Å². The van der Waals surface area contributed by atoms with E-state index in [2.05, 4.69) is 9.97 Å². The second-order valence-corrected chi connectivity index (χ2v) is 3.82. The lowest BCUT2D eigenvalue weighted by atomic mass is 10.3. The molecule has 0 radical (unpaired) electrons. The van der Waals surface area contributed by atoms with E-state index in [0.29, 0.717) is 18.2 Å². The van der Waals surface area contributed by atoms with E-state index >= 15 is 0 Å². The molecule has 2 rings (SSSR count). The minimum atomic E-state index is 0.251. The number of hydrogen-bond donors (Lipinski definition) is 1. The zero-order valence-electron chi connectivity index (χ0n) is 7.74. The Morgan fingerprint density at radius 2 is 2.29 bits per heavy atom. The first-order valence-corrected chi connectivity index (χ1v) is 5.04. The molecule has 0 atom stereocenters. The second-order valence-electron chi connectivity index (χ2n) is 3.46. The fourth-order valence-electron chi connectivity index (χ4n) is 1.20. The molecule has 14 heavy (non-hydrogen) atoms. The van der Waals surface area contributed by atoms with Gasteiger partial charge in [0, 0.05) is 0 Å². The van der Waals surface area contributed by atoms with E-state index in [1.807, 2.05) is 0 Å². The third-order valence-electron chi connectivity index (χ3n) is 2.26. The zero-order valence-corrected chi connectivity index (χ0v) is 8.50. The molecule has 1 aliphatic rings. The van der Waals surface area contributed by atoms with Crippen LogP contribution in [0.4, 0.5) is 5.69 Å². The molecule has 0 aliphatic heterocycles. The molecule has 76 valence electrons. The van der Waals surface area contributed by atoms with Gasteiger partial charge < -0.3 is 10.5 Å². The Hall–Kier alpha value is -1.03. The SMILES string of the molecule is Nc1c(Cl)ncnc1OCCC1CC1. The summed E-state index contributed by atoms with van der Waals surface area (Å²) in [5.41, 5.74) is 5.96. The number of hydrogen-bond acceptors (Lipinski definition) is 4. The Morgan fingerprint density at radius 1 is 1.50 bits per heavy atom. The van der Waals surface area contributed by atoms with Crippen molar-refractivity contribution in [1.82, 2.24) is 9.97 Å². The average molecular weight is 214 g/mol. The highest BCUT2D eigenvalue weighted by atomic mass is 35.5. The highest BCUT2D eigenvalue weighted by Gasteiger charge is 2.21. The number of rotatable bonds is 4. The van der Waals surface area contributed by atoms with Crippen LogP contribution < -0.4 is 10.5 Å².